The molecule has 0 radical (unpaired) electrons. The van der Waals surface area contributed by atoms with E-state index >= 15 is 0 Å². The van der Waals surface area contributed by atoms with Crippen LogP contribution in [0.2, 0.25) is 0 Å². The van der Waals surface area contributed by atoms with Crippen molar-refractivity contribution in [2.45, 2.75) is 19.3 Å². The van der Waals surface area contributed by atoms with Crippen LogP contribution in [0.25, 0.3) is 77.3 Å². The Morgan fingerprint density at radius 3 is 1.51 bits per heavy atom. The minimum absolute atomic E-state index is 0.142. The summed E-state index contributed by atoms with van der Waals surface area (Å²) in [5.74, 6) is 0.747. The van der Waals surface area contributed by atoms with E-state index in [4.69, 9.17) is 9.97 Å². The summed E-state index contributed by atoms with van der Waals surface area (Å²) in [6, 6.07) is 52.3. The van der Waals surface area contributed by atoms with Crippen molar-refractivity contribution in [2.75, 3.05) is 0 Å². The molecule has 0 atom stereocenters. The van der Waals surface area contributed by atoms with Crippen LogP contribution in [-0.2, 0) is 5.41 Å². The van der Waals surface area contributed by atoms with E-state index in [2.05, 4.69) is 159 Å². The Hall–Kier alpha value is -5.60. The Balaban J connectivity index is 1.36. The number of rotatable bonds is 3. The van der Waals surface area contributed by atoms with E-state index in [1.54, 1.807) is 0 Å². The first-order chi connectivity index (χ1) is 22.1. The lowest BCUT2D eigenvalue weighted by molar-refractivity contribution is 0.661. The molecule has 0 saturated carbocycles. The Labute approximate surface area is 262 Å². The van der Waals surface area contributed by atoms with E-state index in [0.29, 0.717) is 0 Å². The van der Waals surface area contributed by atoms with Crippen LogP contribution < -0.4 is 0 Å². The van der Waals surface area contributed by atoms with Gasteiger partial charge >= 0.3 is 0 Å². The van der Waals surface area contributed by atoms with Crippen molar-refractivity contribution >= 4 is 32.3 Å². The van der Waals surface area contributed by atoms with Crippen molar-refractivity contribution in [2.24, 2.45) is 0 Å². The van der Waals surface area contributed by atoms with Crippen molar-refractivity contribution in [3.8, 4) is 45.0 Å². The molecular formula is C43H30N2. The third kappa shape index (κ3) is 3.96. The van der Waals surface area contributed by atoms with Gasteiger partial charge in [0.2, 0.25) is 0 Å². The fourth-order valence-electron chi connectivity index (χ4n) is 7.40. The van der Waals surface area contributed by atoms with Crippen LogP contribution in [0.1, 0.15) is 25.0 Å². The Bertz CT molecular complexity index is 2360. The Morgan fingerprint density at radius 1 is 0.400 bits per heavy atom. The number of hydrogen-bond donors (Lipinski definition) is 0. The van der Waals surface area contributed by atoms with Crippen LogP contribution in [0.3, 0.4) is 0 Å². The summed E-state index contributed by atoms with van der Waals surface area (Å²) in [5.41, 5.74) is 10.2. The van der Waals surface area contributed by atoms with Crippen molar-refractivity contribution in [1.82, 2.24) is 9.97 Å². The monoisotopic (exact) mass is 574 g/mol. The number of benzene rings is 7. The molecule has 1 aliphatic rings. The van der Waals surface area contributed by atoms with Gasteiger partial charge in [-0.25, -0.2) is 9.97 Å². The van der Waals surface area contributed by atoms with Crippen LogP contribution in [-0.4, -0.2) is 9.97 Å². The lowest BCUT2D eigenvalue weighted by atomic mass is 9.81. The van der Waals surface area contributed by atoms with Crippen molar-refractivity contribution in [3.63, 3.8) is 0 Å². The Morgan fingerprint density at radius 2 is 0.889 bits per heavy atom. The summed E-state index contributed by atoms with van der Waals surface area (Å²) in [5, 5.41) is 7.28. The van der Waals surface area contributed by atoms with Crippen LogP contribution in [0.5, 0.6) is 0 Å². The number of fused-ring (bicyclic) bond motifs is 6. The minimum Gasteiger partial charge on any atom is -0.228 e. The van der Waals surface area contributed by atoms with E-state index < -0.39 is 0 Å². The standard InChI is InChI=1S/C43H30N2/c1-43(2)37-23-11-22-35(41(37)36-24-29-14-3-4-15-30(29)25-38(36)43)42-44-39(33-20-9-16-27-12-5-7-18-31(27)33)26-40(45-42)34-21-10-17-28-13-6-8-19-32(28)34/h3-26H,1-2H3. The minimum atomic E-state index is -0.142. The van der Waals surface area contributed by atoms with Gasteiger partial charge in [-0.3, -0.25) is 0 Å². The second-order valence-corrected chi connectivity index (χ2v) is 12.6. The quantitative estimate of drug-likeness (QED) is 0.210. The summed E-state index contributed by atoms with van der Waals surface area (Å²) in [4.78, 5) is 10.8. The van der Waals surface area contributed by atoms with Crippen LogP contribution in [0, 0.1) is 0 Å². The van der Waals surface area contributed by atoms with Gasteiger partial charge in [0.1, 0.15) is 0 Å². The van der Waals surface area contributed by atoms with Gasteiger partial charge < -0.3 is 0 Å². The third-order valence-corrected chi connectivity index (χ3v) is 9.66. The van der Waals surface area contributed by atoms with Gasteiger partial charge in [-0.2, -0.15) is 0 Å². The zero-order valence-electron chi connectivity index (χ0n) is 25.3. The molecule has 0 fully saturated rings. The van der Waals surface area contributed by atoms with Crippen LogP contribution >= 0.6 is 0 Å². The maximum atomic E-state index is 5.38. The first-order valence-corrected chi connectivity index (χ1v) is 15.6. The second kappa shape index (κ2) is 9.70. The lowest BCUT2D eigenvalue weighted by Gasteiger charge is -2.22. The molecule has 0 unspecified atom stereocenters. The number of nitrogens with zero attached hydrogens (tertiary/aromatic N) is 2. The van der Waals surface area contributed by atoms with E-state index in [1.165, 1.54) is 54.6 Å². The summed E-state index contributed by atoms with van der Waals surface area (Å²) in [6.45, 7) is 4.68. The van der Waals surface area contributed by atoms with E-state index in [0.717, 1.165) is 33.9 Å². The molecule has 2 heteroatoms. The topological polar surface area (TPSA) is 25.8 Å². The maximum absolute atomic E-state index is 5.38. The van der Waals surface area contributed by atoms with E-state index in [-0.39, 0.29) is 5.41 Å². The SMILES string of the molecule is CC1(C)c2cc3ccccc3cc2-c2c(-c3nc(-c4cccc5ccccc45)cc(-c4cccc5ccccc45)n3)cccc21. The molecule has 1 aliphatic carbocycles. The van der Waals surface area contributed by atoms with E-state index in [1.807, 2.05) is 0 Å². The molecule has 7 aromatic carbocycles. The molecule has 1 heterocycles. The third-order valence-electron chi connectivity index (χ3n) is 9.66. The molecule has 0 bridgehead atoms. The summed E-state index contributed by atoms with van der Waals surface area (Å²) >= 11 is 0. The van der Waals surface area contributed by atoms with Gasteiger partial charge in [-0.15, -0.1) is 0 Å². The highest BCUT2D eigenvalue weighted by atomic mass is 14.9. The maximum Gasteiger partial charge on any atom is 0.161 e. The fraction of sp³-hybridized carbons (Fsp3) is 0.0698. The van der Waals surface area contributed by atoms with Crippen LogP contribution in [0.4, 0.5) is 0 Å². The normalized spacial score (nSPS) is 13.3. The summed E-state index contributed by atoms with van der Waals surface area (Å²) in [6.07, 6.45) is 0. The molecule has 0 spiro atoms. The highest BCUT2D eigenvalue weighted by Crippen LogP contribution is 2.53. The average Bonchev–Trinajstić information content (AvgIpc) is 3.32. The molecule has 0 amide bonds. The molecule has 212 valence electrons. The lowest BCUT2D eigenvalue weighted by Crippen LogP contribution is -2.14. The van der Waals surface area contributed by atoms with Crippen molar-refractivity contribution < 1.29 is 0 Å². The molecule has 45 heavy (non-hydrogen) atoms. The summed E-state index contributed by atoms with van der Waals surface area (Å²) in [7, 11) is 0. The Kier molecular flexibility index (Phi) is 5.58. The highest BCUT2D eigenvalue weighted by Gasteiger charge is 2.37. The zero-order chi connectivity index (χ0) is 30.1. The molecule has 0 aliphatic heterocycles. The van der Waals surface area contributed by atoms with Crippen molar-refractivity contribution in [1.29, 1.82) is 0 Å². The second-order valence-electron chi connectivity index (χ2n) is 12.6. The summed E-state index contributed by atoms with van der Waals surface area (Å²) < 4.78 is 0. The first kappa shape index (κ1) is 25.9. The average molecular weight is 575 g/mol. The number of aromatic nitrogens is 2. The van der Waals surface area contributed by atoms with Crippen molar-refractivity contribution in [3.05, 3.63) is 157 Å². The zero-order valence-corrected chi connectivity index (χ0v) is 25.3. The van der Waals surface area contributed by atoms with Gasteiger partial charge in [0, 0.05) is 22.1 Å². The molecule has 2 nitrogen and oxygen atoms in total. The van der Waals surface area contributed by atoms with Gasteiger partial charge in [-0.1, -0.05) is 141 Å². The predicted octanol–water partition coefficient (Wildman–Crippen LogP) is 11.2. The molecule has 0 saturated heterocycles. The fourth-order valence-corrected chi connectivity index (χ4v) is 7.40. The number of hydrogen-bond acceptors (Lipinski definition) is 2. The van der Waals surface area contributed by atoms with Gasteiger partial charge in [0.25, 0.3) is 0 Å². The molecular weight excluding hydrogens is 544 g/mol. The van der Waals surface area contributed by atoms with Gasteiger partial charge in [0.15, 0.2) is 5.82 Å². The van der Waals surface area contributed by atoms with E-state index in [9.17, 15) is 0 Å². The van der Waals surface area contributed by atoms with Gasteiger partial charge in [0.05, 0.1) is 11.4 Å². The first-order valence-electron chi connectivity index (χ1n) is 15.6. The molecule has 9 rings (SSSR count). The smallest absolute Gasteiger partial charge is 0.161 e. The predicted molar refractivity (Wildman–Crippen MR) is 188 cm³/mol. The molecule has 1 aromatic heterocycles. The largest absolute Gasteiger partial charge is 0.228 e. The van der Waals surface area contributed by atoms with Gasteiger partial charge in [-0.05, 0) is 72.8 Å². The van der Waals surface area contributed by atoms with Crippen LogP contribution in [0.15, 0.2) is 146 Å². The highest BCUT2D eigenvalue weighted by molar-refractivity contribution is 6.01. The molecule has 8 aromatic rings. The molecule has 0 N–H and O–H groups in total.